The van der Waals surface area contributed by atoms with E-state index in [2.05, 4.69) is 9.98 Å². The van der Waals surface area contributed by atoms with Gasteiger partial charge in [0.1, 0.15) is 11.4 Å². The van der Waals surface area contributed by atoms with E-state index in [0.29, 0.717) is 18.8 Å². The highest BCUT2D eigenvalue weighted by Crippen LogP contribution is 2.32. The molecule has 1 aliphatic heterocycles. The van der Waals surface area contributed by atoms with Crippen LogP contribution in [0.1, 0.15) is 19.3 Å². The minimum absolute atomic E-state index is 0.126. The minimum Gasteiger partial charge on any atom is -0.494 e. The lowest BCUT2D eigenvalue weighted by Crippen LogP contribution is -2.35. The molecule has 1 fully saturated rings. The molecule has 0 aliphatic carbocycles. The molecule has 1 saturated heterocycles. The lowest BCUT2D eigenvalue weighted by molar-refractivity contribution is 0.346. The smallest absolute Gasteiger partial charge is 0.243 e. The molecule has 9 nitrogen and oxygen atoms in total. The van der Waals surface area contributed by atoms with E-state index >= 15 is 0 Å². The van der Waals surface area contributed by atoms with Crippen molar-refractivity contribution in [1.29, 1.82) is 0 Å². The molecule has 0 amide bonds. The summed E-state index contributed by atoms with van der Waals surface area (Å²) in [5.41, 5.74) is 16.3. The normalized spacial score (nSPS) is 16.6. The Kier molecular flexibility index (Phi) is 5.62. The summed E-state index contributed by atoms with van der Waals surface area (Å²) in [5, 5.41) is 0. The molecule has 132 valence electrons. The van der Waals surface area contributed by atoms with Gasteiger partial charge in [-0.3, -0.25) is 0 Å². The van der Waals surface area contributed by atoms with Gasteiger partial charge in [0.15, 0.2) is 5.96 Å². The van der Waals surface area contributed by atoms with E-state index in [1.54, 1.807) is 0 Å². The molecule has 0 atom stereocenters. The van der Waals surface area contributed by atoms with Gasteiger partial charge in [0.05, 0.1) is 12.0 Å². The minimum atomic E-state index is -3.59. The summed E-state index contributed by atoms with van der Waals surface area (Å²) in [5.74, 6) is -0.0746. The largest absolute Gasteiger partial charge is 0.494 e. The van der Waals surface area contributed by atoms with Crippen molar-refractivity contribution < 1.29 is 13.2 Å². The molecule has 0 spiro atoms. The number of sulfonamides is 1. The van der Waals surface area contributed by atoms with Crippen LogP contribution in [-0.2, 0) is 10.0 Å². The molecule has 6 N–H and O–H groups in total. The third-order valence-electron chi connectivity index (χ3n) is 3.58. The molecule has 0 bridgehead atoms. The van der Waals surface area contributed by atoms with Crippen molar-refractivity contribution in [2.24, 2.45) is 27.2 Å². The number of methoxy groups -OCH3 is 1. The van der Waals surface area contributed by atoms with Crippen LogP contribution in [0.25, 0.3) is 0 Å². The Hall–Kier alpha value is -2.33. The molecule has 1 aromatic rings. The van der Waals surface area contributed by atoms with Gasteiger partial charge in [-0.15, -0.1) is 0 Å². The maximum absolute atomic E-state index is 12.7. The summed E-state index contributed by atoms with van der Waals surface area (Å²) in [6.07, 6.45) is 2.76. The molecular formula is C14H22N6O3S. The van der Waals surface area contributed by atoms with Gasteiger partial charge < -0.3 is 21.9 Å². The number of benzene rings is 1. The quantitative estimate of drug-likeness (QED) is 0.515. The number of nitrogens with two attached hydrogens (primary N) is 3. The van der Waals surface area contributed by atoms with E-state index in [4.69, 9.17) is 21.9 Å². The highest BCUT2D eigenvalue weighted by Gasteiger charge is 2.26. The monoisotopic (exact) mass is 354 g/mol. The summed E-state index contributed by atoms with van der Waals surface area (Å²) in [4.78, 5) is 7.77. The number of aliphatic imine (C=N–C) groups is 2. The Morgan fingerprint density at radius 3 is 2.42 bits per heavy atom. The molecule has 10 heteroatoms. The van der Waals surface area contributed by atoms with Crippen molar-refractivity contribution in [3.63, 3.8) is 0 Å². The van der Waals surface area contributed by atoms with Crippen LogP contribution in [0.2, 0.25) is 0 Å². The third kappa shape index (κ3) is 4.15. The Labute approximate surface area is 141 Å². The van der Waals surface area contributed by atoms with Crippen LogP contribution < -0.4 is 21.9 Å². The van der Waals surface area contributed by atoms with Gasteiger partial charge in [0.2, 0.25) is 16.0 Å². The van der Waals surface area contributed by atoms with Crippen molar-refractivity contribution in [3.8, 4) is 5.75 Å². The van der Waals surface area contributed by atoms with E-state index in [0.717, 1.165) is 19.3 Å². The van der Waals surface area contributed by atoms with E-state index in [9.17, 15) is 8.42 Å². The summed E-state index contributed by atoms with van der Waals surface area (Å²) in [6.45, 7) is 1.03. The van der Waals surface area contributed by atoms with Gasteiger partial charge in [0, 0.05) is 13.1 Å². The second-order valence-corrected chi connectivity index (χ2v) is 7.24. The van der Waals surface area contributed by atoms with Crippen LogP contribution in [-0.4, -0.2) is 44.8 Å². The standard InChI is InChI=1S/C14H22N6O3S/c1-23-12-6-5-10(9-11(12)18-14(17)19-13(15)16)24(21,22)20-7-3-2-4-8-20/h5-6,9H,2-4,7-8H2,1H3,(H6,15,16,17,18,19). The number of rotatable bonds is 4. The maximum Gasteiger partial charge on any atom is 0.243 e. The second-order valence-electron chi connectivity index (χ2n) is 5.31. The van der Waals surface area contributed by atoms with Crippen molar-refractivity contribution in [2.45, 2.75) is 24.2 Å². The molecule has 2 rings (SSSR count). The second kappa shape index (κ2) is 7.49. The molecule has 1 heterocycles. The molecule has 0 saturated carbocycles. The lowest BCUT2D eigenvalue weighted by Gasteiger charge is -2.26. The number of nitrogens with zero attached hydrogens (tertiary/aromatic N) is 3. The Morgan fingerprint density at radius 1 is 1.17 bits per heavy atom. The van der Waals surface area contributed by atoms with Crippen LogP contribution in [0.15, 0.2) is 33.1 Å². The highest BCUT2D eigenvalue weighted by atomic mass is 32.2. The van der Waals surface area contributed by atoms with Gasteiger partial charge in [-0.2, -0.15) is 9.30 Å². The molecule has 0 unspecified atom stereocenters. The molecule has 1 aromatic carbocycles. The summed E-state index contributed by atoms with van der Waals surface area (Å²) in [6, 6.07) is 4.41. The predicted molar refractivity (Wildman–Crippen MR) is 92.7 cm³/mol. The average Bonchev–Trinajstić information content (AvgIpc) is 2.54. The molecule has 0 radical (unpaired) electrons. The van der Waals surface area contributed by atoms with Crippen molar-refractivity contribution >= 4 is 27.6 Å². The van der Waals surface area contributed by atoms with E-state index in [-0.39, 0.29) is 22.5 Å². The van der Waals surface area contributed by atoms with Crippen LogP contribution in [0.4, 0.5) is 5.69 Å². The first-order valence-corrected chi connectivity index (χ1v) is 8.90. The fraction of sp³-hybridized carbons (Fsp3) is 0.429. The number of piperidine rings is 1. The van der Waals surface area contributed by atoms with E-state index in [1.165, 1.54) is 29.6 Å². The Balaban J connectivity index is 2.43. The molecular weight excluding hydrogens is 332 g/mol. The van der Waals surface area contributed by atoms with Crippen molar-refractivity contribution in [1.82, 2.24) is 4.31 Å². The Bertz CT molecular complexity index is 750. The number of ether oxygens (including phenoxy) is 1. The first-order chi connectivity index (χ1) is 11.3. The molecule has 1 aliphatic rings. The zero-order chi connectivity index (χ0) is 17.7. The van der Waals surface area contributed by atoms with Gasteiger partial charge >= 0.3 is 0 Å². The molecule has 0 aromatic heterocycles. The van der Waals surface area contributed by atoms with Crippen molar-refractivity contribution in [3.05, 3.63) is 18.2 Å². The molecule has 24 heavy (non-hydrogen) atoms. The van der Waals surface area contributed by atoms with Gasteiger partial charge in [-0.1, -0.05) is 6.42 Å². The van der Waals surface area contributed by atoms with Crippen LogP contribution >= 0.6 is 0 Å². The summed E-state index contributed by atoms with van der Waals surface area (Å²) >= 11 is 0. The Morgan fingerprint density at radius 2 is 1.83 bits per heavy atom. The van der Waals surface area contributed by atoms with E-state index in [1.807, 2.05) is 0 Å². The van der Waals surface area contributed by atoms with Gasteiger partial charge in [-0.05, 0) is 31.0 Å². The maximum atomic E-state index is 12.7. The van der Waals surface area contributed by atoms with E-state index < -0.39 is 10.0 Å². The zero-order valence-electron chi connectivity index (χ0n) is 13.5. The zero-order valence-corrected chi connectivity index (χ0v) is 14.3. The topological polar surface area (TPSA) is 149 Å². The SMILES string of the molecule is COc1ccc(S(=O)(=O)N2CCCCC2)cc1N=C(N)N=C(N)N. The average molecular weight is 354 g/mol. The highest BCUT2D eigenvalue weighted by molar-refractivity contribution is 7.89. The van der Waals surface area contributed by atoms with Gasteiger partial charge in [-0.25, -0.2) is 13.4 Å². The van der Waals surface area contributed by atoms with Crippen LogP contribution in [0.3, 0.4) is 0 Å². The third-order valence-corrected chi connectivity index (χ3v) is 5.48. The first kappa shape index (κ1) is 18.0. The van der Waals surface area contributed by atoms with Gasteiger partial charge in [0.25, 0.3) is 0 Å². The number of guanidine groups is 2. The first-order valence-electron chi connectivity index (χ1n) is 7.46. The fourth-order valence-electron chi connectivity index (χ4n) is 2.45. The van der Waals surface area contributed by atoms with Crippen molar-refractivity contribution in [2.75, 3.05) is 20.2 Å². The van der Waals surface area contributed by atoms with Crippen LogP contribution in [0.5, 0.6) is 5.75 Å². The number of hydrogen-bond acceptors (Lipinski definition) is 4. The predicted octanol–water partition coefficient (Wildman–Crippen LogP) is 0.0894. The van der Waals surface area contributed by atoms with Crippen LogP contribution in [0, 0.1) is 0 Å². The fourth-order valence-corrected chi connectivity index (χ4v) is 3.99. The lowest BCUT2D eigenvalue weighted by atomic mass is 10.2. The summed E-state index contributed by atoms with van der Waals surface area (Å²) < 4.78 is 32.1. The summed E-state index contributed by atoms with van der Waals surface area (Å²) in [7, 11) is -2.14. The number of hydrogen-bond donors (Lipinski definition) is 3.